The molecule has 3 heteroatoms. The lowest BCUT2D eigenvalue weighted by Crippen LogP contribution is -2.28. The highest BCUT2D eigenvalue weighted by Gasteiger charge is 2.36. The van der Waals surface area contributed by atoms with Crippen molar-refractivity contribution in [3.8, 4) is 0 Å². The van der Waals surface area contributed by atoms with Crippen LogP contribution in [0.5, 0.6) is 0 Å². The van der Waals surface area contributed by atoms with E-state index in [1.54, 1.807) is 0 Å². The largest absolute Gasteiger partial charge is 0.341 e. The van der Waals surface area contributed by atoms with E-state index < -0.39 is 0 Å². The molecule has 3 aromatic carbocycles. The highest BCUT2D eigenvalue weighted by atomic mass is 15.4. The van der Waals surface area contributed by atoms with E-state index >= 15 is 0 Å². The molecule has 0 spiro atoms. The third kappa shape index (κ3) is 2.07. The van der Waals surface area contributed by atoms with Crippen LogP contribution in [0.15, 0.2) is 66.7 Å². The molecule has 0 atom stereocenters. The molecule has 0 amide bonds. The van der Waals surface area contributed by atoms with Crippen LogP contribution in [-0.4, -0.2) is 13.7 Å². The Kier molecular flexibility index (Phi) is 3.26. The van der Waals surface area contributed by atoms with Crippen molar-refractivity contribution < 1.29 is 0 Å². The van der Waals surface area contributed by atoms with Gasteiger partial charge in [0.1, 0.15) is 6.67 Å². The van der Waals surface area contributed by atoms with Gasteiger partial charge < -0.3 is 14.7 Å². The number of anilines is 6. The quantitative estimate of drug-likeness (QED) is 0.554. The van der Waals surface area contributed by atoms with Crippen molar-refractivity contribution in [2.45, 2.75) is 19.8 Å². The predicted octanol–water partition coefficient (Wildman–Crippen LogP) is 6.14. The second-order valence-corrected chi connectivity index (χ2v) is 7.44. The van der Waals surface area contributed by atoms with Crippen molar-refractivity contribution in [1.29, 1.82) is 0 Å². The van der Waals surface area contributed by atoms with Gasteiger partial charge in [-0.3, -0.25) is 0 Å². The Labute approximate surface area is 155 Å². The van der Waals surface area contributed by atoms with Gasteiger partial charge in [0.25, 0.3) is 0 Å². The molecule has 0 N–H and O–H groups in total. The Bertz CT molecular complexity index is 975. The molecule has 0 radical (unpaired) electrons. The molecule has 0 aromatic heterocycles. The van der Waals surface area contributed by atoms with Gasteiger partial charge in [-0.1, -0.05) is 44.2 Å². The first-order valence-corrected chi connectivity index (χ1v) is 9.26. The maximum absolute atomic E-state index is 2.44. The van der Waals surface area contributed by atoms with Crippen LogP contribution in [0, 0.1) is 0 Å². The number of hydrogen-bond donors (Lipinski definition) is 0. The maximum Gasteiger partial charge on any atom is 0.100 e. The fourth-order valence-corrected chi connectivity index (χ4v) is 4.14. The van der Waals surface area contributed by atoms with Crippen molar-refractivity contribution in [2.75, 3.05) is 28.4 Å². The molecular weight excluding hydrogens is 318 g/mol. The molecule has 2 aliphatic heterocycles. The summed E-state index contributed by atoms with van der Waals surface area (Å²) in [7, 11) is 2.16. The smallest absolute Gasteiger partial charge is 0.100 e. The van der Waals surface area contributed by atoms with E-state index in [4.69, 9.17) is 0 Å². The zero-order valence-electron chi connectivity index (χ0n) is 15.5. The number of benzene rings is 3. The van der Waals surface area contributed by atoms with Crippen LogP contribution in [0.2, 0.25) is 0 Å². The molecule has 0 unspecified atom stereocenters. The third-order valence-electron chi connectivity index (χ3n) is 5.60. The summed E-state index contributed by atoms with van der Waals surface area (Å²) in [6.45, 7) is 5.32. The lowest BCUT2D eigenvalue weighted by atomic mass is 10.0. The minimum Gasteiger partial charge on any atom is -0.341 e. The van der Waals surface area contributed by atoms with E-state index in [0.29, 0.717) is 5.92 Å². The summed E-state index contributed by atoms with van der Waals surface area (Å²) < 4.78 is 0. The van der Waals surface area contributed by atoms with Gasteiger partial charge in [0.05, 0.1) is 28.4 Å². The Morgan fingerprint density at radius 1 is 0.692 bits per heavy atom. The maximum atomic E-state index is 2.44. The molecular formula is C23H23N3. The molecule has 2 aliphatic rings. The van der Waals surface area contributed by atoms with Crippen molar-refractivity contribution in [3.63, 3.8) is 0 Å². The van der Waals surface area contributed by atoms with Crippen molar-refractivity contribution >= 4 is 34.1 Å². The molecule has 0 bridgehead atoms. The lowest BCUT2D eigenvalue weighted by molar-refractivity contribution is 0.866. The van der Waals surface area contributed by atoms with Crippen molar-refractivity contribution in [2.24, 2.45) is 0 Å². The minimum atomic E-state index is 0.556. The second kappa shape index (κ2) is 5.53. The van der Waals surface area contributed by atoms with Crippen LogP contribution in [0.25, 0.3) is 0 Å². The van der Waals surface area contributed by atoms with E-state index in [-0.39, 0.29) is 0 Å². The van der Waals surface area contributed by atoms with E-state index in [1.165, 1.54) is 39.7 Å². The molecule has 5 rings (SSSR count). The highest BCUT2D eigenvalue weighted by molar-refractivity contribution is 6.02. The van der Waals surface area contributed by atoms with Gasteiger partial charge in [0, 0.05) is 12.7 Å². The van der Waals surface area contributed by atoms with E-state index in [0.717, 1.165) is 6.67 Å². The first-order chi connectivity index (χ1) is 12.6. The first-order valence-electron chi connectivity index (χ1n) is 9.26. The summed E-state index contributed by atoms with van der Waals surface area (Å²) in [6.07, 6.45) is 0. The normalized spacial score (nSPS) is 14.7. The van der Waals surface area contributed by atoms with Gasteiger partial charge >= 0.3 is 0 Å². The molecule has 0 saturated heterocycles. The van der Waals surface area contributed by atoms with E-state index in [2.05, 4.69) is 102 Å². The van der Waals surface area contributed by atoms with Gasteiger partial charge in [-0.05, 0) is 47.9 Å². The summed E-state index contributed by atoms with van der Waals surface area (Å²) in [5, 5.41) is 0. The third-order valence-corrected chi connectivity index (χ3v) is 5.60. The lowest BCUT2D eigenvalue weighted by Gasteiger charge is -2.35. The number of nitrogens with zero attached hydrogens (tertiary/aromatic N) is 3. The molecule has 0 saturated carbocycles. The van der Waals surface area contributed by atoms with Crippen LogP contribution in [0.1, 0.15) is 25.3 Å². The van der Waals surface area contributed by atoms with Gasteiger partial charge in [0.2, 0.25) is 0 Å². The summed E-state index contributed by atoms with van der Waals surface area (Å²) in [4.78, 5) is 7.16. The zero-order valence-corrected chi connectivity index (χ0v) is 15.5. The molecule has 3 nitrogen and oxygen atoms in total. The Hall–Kier alpha value is -2.94. The predicted molar refractivity (Wildman–Crippen MR) is 111 cm³/mol. The average Bonchev–Trinajstić information content (AvgIpc) is 3.07. The summed E-state index contributed by atoms with van der Waals surface area (Å²) in [5.41, 5.74) is 9.01. The zero-order chi connectivity index (χ0) is 17.8. The van der Waals surface area contributed by atoms with Crippen LogP contribution in [0.3, 0.4) is 0 Å². The standard InChI is InChI=1S/C23H23N3/c1-16(2)17-11-13-18(14-12-17)25-15-26-20-8-5-4-7-19(20)24(3)21-9-6-10-22(25)23(21)26/h4-14,16H,15H2,1-3H3. The Balaban J connectivity index is 1.64. The second-order valence-electron chi connectivity index (χ2n) is 7.44. The number of rotatable bonds is 2. The van der Waals surface area contributed by atoms with Gasteiger partial charge in [0.15, 0.2) is 0 Å². The molecule has 130 valence electrons. The Morgan fingerprint density at radius 2 is 1.35 bits per heavy atom. The van der Waals surface area contributed by atoms with Crippen LogP contribution in [-0.2, 0) is 0 Å². The Morgan fingerprint density at radius 3 is 2.08 bits per heavy atom. The van der Waals surface area contributed by atoms with Crippen LogP contribution < -0.4 is 14.7 Å². The molecule has 3 aromatic rings. The number of hydrogen-bond acceptors (Lipinski definition) is 3. The van der Waals surface area contributed by atoms with Crippen molar-refractivity contribution in [1.82, 2.24) is 0 Å². The van der Waals surface area contributed by atoms with Gasteiger partial charge in [-0.2, -0.15) is 0 Å². The summed E-state index contributed by atoms with van der Waals surface area (Å²) in [6, 6.07) is 24.3. The van der Waals surface area contributed by atoms with Gasteiger partial charge in [-0.15, -0.1) is 0 Å². The van der Waals surface area contributed by atoms with Crippen molar-refractivity contribution in [3.05, 3.63) is 72.3 Å². The summed E-state index contributed by atoms with van der Waals surface area (Å²) >= 11 is 0. The number of para-hydroxylation sites is 3. The van der Waals surface area contributed by atoms with E-state index in [1.807, 2.05) is 0 Å². The van der Waals surface area contributed by atoms with Gasteiger partial charge in [-0.25, -0.2) is 0 Å². The summed E-state index contributed by atoms with van der Waals surface area (Å²) in [5.74, 6) is 0.556. The first kappa shape index (κ1) is 15.3. The average molecular weight is 341 g/mol. The monoisotopic (exact) mass is 341 g/mol. The topological polar surface area (TPSA) is 9.72 Å². The fourth-order valence-electron chi connectivity index (χ4n) is 4.14. The molecule has 2 heterocycles. The molecule has 26 heavy (non-hydrogen) atoms. The highest BCUT2D eigenvalue weighted by Crippen LogP contribution is 2.55. The molecule has 0 fully saturated rings. The fraction of sp³-hybridized carbons (Fsp3) is 0.217. The van der Waals surface area contributed by atoms with Crippen LogP contribution in [0.4, 0.5) is 34.1 Å². The molecule has 0 aliphatic carbocycles. The van der Waals surface area contributed by atoms with Crippen LogP contribution >= 0.6 is 0 Å². The van der Waals surface area contributed by atoms with E-state index in [9.17, 15) is 0 Å². The minimum absolute atomic E-state index is 0.556. The number of fused-ring (bicyclic) bond motifs is 2. The SMILES string of the molecule is CC(C)c1ccc(N2CN3c4ccccc4N(C)c4cccc2c43)cc1.